The lowest BCUT2D eigenvalue weighted by atomic mass is 9.43. The quantitative estimate of drug-likeness (QED) is 0.246. The molecule has 5 rings (SSSR count). The molecule has 0 amide bonds. The molecule has 198 valence electrons. The maximum Gasteiger partial charge on any atom is 0.302 e. The number of carbonyl (C=O) groups excluding carboxylic acids is 1. The van der Waals surface area contributed by atoms with Crippen molar-refractivity contribution >= 4 is 5.97 Å². The summed E-state index contributed by atoms with van der Waals surface area (Å²) in [6.45, 7) is 21.5. The average molecular weight is 484 g/mol. The highest BCUT2D eigenvalue weighted by atomic mass is 16.5. The Morgan fingerprint density at radius 1 is 0.971 bits per heavy atom. The molecule has 3 nitrogen and oxygen atoms in total. The summed E-state index contributed by atoms with van der Waals surface area (Å²) in [5, 5.41) is 3.68. The second-order valence-electron chi connectivity index (χ2n) is 15.3. The Morgan fingerprint density at radius 2 is 1.66 bits per heavy atom. The molecule has 1 saturated heterocycles. The van der Waals surface area contributed by atoms with Crippen molar-refractivity contribution in [2.75, 3.05) is 0 Å². The molecule has 8 atom stereocenters. The molecule has 1 aliphatic heterocycles. The zero-order valence-corrected chi connectivity index (χ0v) is 24.3. The number of esters is 1. The summed E-state index contributed by atoms with van der Waals surface area (Å²) in [6, 6.07) is 0.729. The largest absolute Gasteiger partial charge is 0.462 e. The Bertz CT molecular complexity index is 917. The highest BCUT2D eigenvalue weighted by Gasteiger charge is 2.63. The molecule has 1 heterocycles. The maximum atomic E-state index is 11.8. The van der Waals surface area contributed by atoms with Gasteiger partial charge in [-0.1, -0.05) is 52.7 Å². The molecule has 0 aromatic carbocycles. The van der Waals surface area contributed by atoms with Gasteiger partial charge in [-0.25, -0.2) is 0 Å². The lowest BCUT2D eigenvalue weighted by Gasteiger charge is -2.62. The number of rotatable bonds is 5. The summed E-state index contributed by atoms with van der Waals surface area (Å²) in [6.07, 6.45) is 12.9. The van der Waals surface area contributed by atoms with Crippen LogP contribution < -0.4 is 5.32 Å². The zero-order chi connectivity index (χ0) is 25.6. The van der Waals surface area contributed by atoms with Gasteiger partial charge in [-0.15, -0.1) is 0 Å². The smallest absolute Gasteiger partial charge is 0.302 e. The molecule has 3 fully saturated rings. The molecule has 0 bridgehead atoms. The first-order valence-corrected chi connectivity index (χ1v) is 14.8. The molecule has 0 spiro atoms. The second-order valence-corrected chi connectivity index (χ2v) is 15.3. The molecule has 1 N–H and O–H groups in total. The Kier molecular flexibility index (Phi) is 5.96. The number of carbonyl (C=O) groups is 1. The first-order chi connectivity index (χ1) is 16.2. The molecule has 35 heavy (non-hydrogen) atoms. The third-order valence-corrected chi connectivity index (χ3v) is 13.0. The van der Waals surface area contributed by atoms with Crippen molar-refractivity contribution < 1.29 is 9.53 Å². The Morgan fingerprint density at radius 3 is 2.29 bits per heavy atom. The number of hydrogen-bond acceptors (Lipinski definition) is 3. The number of nitrogens with one attached hydrogen (secondary N) is 1. The normalized spacial score (nSPS) is 46.3. The fourth-order valence-electron chi connectivity index (χ4n) is 10.5. The van der Waals surface area contributed by atoms with Crippen LogP contribution in [0.4, 0.5) is 0 Å². The number of hydrogen-bond donors (Lipinski definition) is 1. The van der Waals surface area contributed by atoms with Crippen LogP contribution in [0.5, 0.6) is 0 Å². The molecule has 3 heteroatoms. The average Bonchev–Trinajstić information content (AvgIpc) is 3.26. The van der Waals surface area contributed by atoms with Crippen molar-refractivity contribution in [1.29, 1.82) is 0 Å². The van der Waals surface area contributed by atoms with E-state index in [1.807, 2.05) is 11.1 Å². The van der Waals surface area contributed by atoms with E-state index in [0.717, 1.165) is 24.3 Å². The van der Waals surface area contributed by atoms with Gasteiger partial charge in [-0.3, -0.25) is 4.79 Å². The van der Waals surface area contributed by atoms with Gasteiger partial charge in [-0.05, 0) is 112 Å². The minimum atomic E-state index is -0.115. The summed E-state index contributed by atoms with van der Waals surface area (Å²) in [5.41, 5.74) is 5.18. The van der Waals surface area contributed by atoms with Gasteiger partial charge >= 0.3 is 5.97 Å². The number of ether oxygens (including phenoxy) is 1. The van der Waals surface area contributed by atoms with E-state index < -0.39 is 0 Å². The summed E-state index contributed by atoms with van der Waals surface area (Å²) in [5.74, 6) is 2.15. The summed E-state index contributed by atoms with van der Waals surface area (Å²) in [4.78, 5) is 11.8. The maximum absolute atomic E-state index is 11.8. The molecule has 2 saturated carbocycles. The predicted molar refractivity (Wildman–Crippen MR) is 144 cm³/mol. The minimum absolute atomic E-state index is 0.0379. The Balaban J connectivity index is 1.40. The molecule has 4 aliphatic carbocycles. The fourth-order valence-corrected chi connectivity index (χ4v) is 10.5. The van der Waals surface area contributed by atoms with Gasteiger partial charge in [0.05, 0.1) is 0 Å². The Hall–Kier alpha value is -0.830. The van der Waals surface area contributed by atoms with E-state index in [0.29, 0.717) is 22.3 Å². The van der Waals surface area contributed by atoms with Crippen molar-refractivity contribution in [1.82, 2.24) is 5.32 Å². The molecule has 0 unspecified atom stereocenters. The lowest BCUT2D eigenvalue weighted by Crippen LogP contribution is -2.55. The first-order valence-electron chi connectivity index (χ1n) is 14.8. The van der Waals surface area contributed by atoms with Gasteiger partial charge in [0.25, 0.3) is 0 Å². The fraction of sp³-hybridized carbons (Fsp3) is 0.906. The second kappa shape index (κ2) is 8.08. The first kappa shape index (κ1) is 25.8. The van der Waals surface area contributed by atoms with Crippen molar-refractivity contribution in [3.8, 4) is 0 Å². The molecule has 0 aromatic heterocycles. The van der Waals surface area contributed by atoms with Crippen LogP contribution in [-0.2, 0) is 9.53 Å². The van der Waals surface area contributed by atoms with Gasteiger partial charge in [0.1, 0.15) is 6.10 Å². The number of allylic oxidation sites excluding steroid dienone is 2. The number of fused-ring (bicyclic) bond motifs is 4. The van der Waals surface area contributed by atoms with E-state index in [1.54, 1.807) is 6.92 Å². The summed E-state index contributed by atoms with van der Waals surface area (Å²) >= 11 is 0. The van der Waals surface area contributed by atoms with E-state index in [-0.39, 0.29) is 22.9 Å². The van der Waals surface area contributed by atoms with Crippen molar-refractivity contribution in [2.45, 2.75) is 144 Å². The molecule has 0 radical (unpaired) electrons. The van der Waals surface area contributed by atoms with Crippen LogP contribution in [0.25, 0.3) is 0 Å². The topological polar surface area (TPSA) is 48.2 Å². The highest BCUT2D eigenvalue weighted by molar-refractivity contribution is 5.66. The van der Waals surface area contributed by atoms with Crippen LogP contribution in [0.2, 0.25) is 0 Å². The van der Waals surface area contributed by atoms with E-state index in [1.165, 1.54) is 57.8 Å². The highest BCUT2D eigenvalue weighted by Crippen LogP contribution is 2.72. The lowest BCUT2D eigenvalue weighted by molar-refractivity contribution is -0.167. The van der Waals surface area contributed by atoms with E-state index >= 15 is 0 Å². The monoisotopic (exact) mass is 483 g/mol. The van der Waals surface area contributed by atoms with Crippen LogP contribution >= 0.6 is 0 Å². The zero-order valence-electron chi connectivity index (χ0n) is 24.3. The van der Waals surface area contributed by atoms with Gasteiger partial charge in [0.15, 0.2) is 0 Å². The van der Waals surface area contributed by atoms with E-state index in [9.17, 15) is 4.79 Å². The van der Waals surface area contributed by atoms with Crippen LogP contribution in [0.1, 0.15) is 127 Å². The third-order valence-electron chi connectivity index (χ3n) is 13.0. The molecule has 0 aromatic rings. The predicted octanol–water partition coefficient (Wildman–Crippen LogP) is 7.83. The summed E-state index contributed by atoms with van der Waals surface area (Å²) in [7, 11) is 0. The van der Waals surface area contributed by atoms with Gasteiger partial charge in [0.2, 0.25) is 0 Å². The van der Waals surface area contributed by atoms with Crippen LogP contribution in [-0.4, -0.2) is 23.7 Å². The van der Waals surface area contributed by atoms with Gasteiger partial charge in [-0.2, -0.15) is 0 Å². The van der Waals surface area contributed by atoms with Gasteiger partial charge in [0, 0.05) is 23.9 Å². The van der Waals surface area contributed by atoms with E-state index in [2.05, 4.69) is 60.7 Å². The Labute approximate surface area is 215 Å². The molecule has 5 aliphatic rings. The third kappa shape index (κ3) is 3.71. The summed E-state index contributed by atoms with van der Waals surface area (Å²) < 4.78 is 5.88. The van der Waals surface area contributed by atoms with Crippen molar-refractivity contribution in [3.63, 3.8) is 0 Å². The minimum Gasteiger partial charge on any atom is -0.462 e. The molecular weight excluding hydrogens is 430 g/mol. The van der Waals surface area contributed by atoms with Crippen LogP contribution in [0.15, 0.2) is 11.1 Å². The van der Waals surface area contributed by atoms with Crippen molar-refractivity contribution in [2.24, 2.45) is 39.4 Å². The SMILES string of the molecule is CC(=O)O[C@@H]1CC[C@]2(C)C3=C(CC[C@@H]2C1(C)C)[C@]1(C)CC[C@H]([C@H](C)CC[C@H]2NC2(C)C)[C@@]1(C)CC3. The standard InChI is InChI=1S/C32H53NO2/c1-20(10-13-26-29(5,6)33-26)22-14-18-32(9)24-11-12-25-28(3,4)27(35-21(2)34)16-17-30(25,7)23(24)15-19-31(22,32)8/h20,22,25-27,33H,10-19H2,1-9H3/t20-,22-,25-,26-,27-,30-,31-,32+/m1/s1. The van der Waals surface area contributed by atoms with Crippen LogP contribution in [0, 0.1) is 39.4 Å². The van der Waals surface area contributed by atoms with Crippen molar-refractivity contribution in [3.05, 3.63) is 11.1 Å². The molecular formula is C32H53NO2. The van der Waals surface area contributed by atoms with E-state index in [4.69, 9.17) is 4.74 Å². The van der Waals surface area contributed by atoms with Gasteiger partial charge < -0.3 is 10.1 Å². The van der Waals surface area contributed by atoms with Crippen LogP contribution in [0.3, 0.4) is 0 Å².